The van der Waals surface area contributed by atoms with Gasteiger partial charge in [-0.05, 0) is 30.3 Å². The summed E-state index contributed by atoms with van der Waals surface area (Å²) in [5.41, 5.74) is 1.96. The monoisotopic (exact) mass is 423 g/mol. The van der Waals surface area contributed by atoms with Crippen LogP contribution in [-0.4, -0.2) is 11.9 Å². The van der Waals surface area contributed by atoms with Crippen LogP contribution in [0.2, 0.25) is 0 Å². The number of hydrogen-bond acceptors (Lipinski definition) is 5. The van der Waals surface area contributed by atoms with Crippen LogP contribution in [-0.2, 0) is 16.1 Å². The SMILES string of the molecule is O=C1OC(c2ccco2)=N/C1=C\c1ccccc1OCc1ccccc1Br. The second kappa shape index (κ2) is 7.63. The lowest BCUT2D eigenvalue weighted by Crippen LogP contribution is -2.04. The van der Waals surface area contributed by atoms with Crippen molar-refractivity contribution >= 4 is 33.9 Å². The average Bonchev–Trinajstić information content (AvgIpc) is 3.33. The molecular formula is C21H14BrNO4. The predicted molar refractivity (Wildman–Crippen MR) is 104 cm³/mol. The lowest BCUT2D eigenvalue weighted by molar-refractivity contribution is -0.130. The van der Waals surface area contributed by atoms with Crippen molar-refractivity contribution in [2.24, 2.45) is 4.99 Å². The first-order chi connectivity index (χ1) is 13.2. The summed E-state index contributed by atoms with van der Waals surface area (Å²) in [4.78, 5) is 16.4. The lowest BCUT2D eigenvalue weighted by atomic mass is 10.1. The van der Waals surface area contributed by atoms with Gasteiger partial charge in [-0.3, -0.25) is 0 Å². The van der Waals surface area contributed by atoms with Gasteiger partial charge in [0.05, 0.1) is 6.26 Å². The number of carbonyl (C=O) groups is 1. The van der Waals surface area contributed by atoms with Crippen LogP contribution >= 0.6 is 15.9 Å². The molecule has 0 radical (unpaired) electrons. The van der Waals surface area contributed by atoms with E-state index in [4.69, 9.17) is 13.9 Å². The number of para-hydroxylation sites is 1. The Morgan fingerprint density at radius 2 is 1.85 bits per heavy atom. The van der Waals surface area contributed by atoms with Crippen molar-refractivity contribution in [2.45, 2.75) is 6.61 Å². The Balaban J connectivity index is 1.59. The van der Waals surface area contributed by atoms with E-state index >= 15 is 0 Å². The standard InChI is InChI=1S/C21H14BrNO4/c22-16-8-3-1-7-15(16)13-26-18-9-4-2-6-14(18)12-17-21(24)27-20(23-17)19-10-5-11-25-19/h1-12H,13H2/b17-12-. The summed E-state index contributed by atoms with van der Waals surface area (Å²) in [5, 5.41) is 0. The number of ether oxygens (including phenoxy) is 2. The first kappa shape index (κ1) is 17.3. The largest absolute Gasteiger partial charge is 0.488 e. The number of furan rings is 1. The van der Waals surface area contributed by atoms with Gasteiger partial charge in [0.2, 0.25) is 0 Å². The van der Waals surface area contributed by atoms with Crippen LogP contribution in [0.4, 0.5) is 0 Å². The molecule has 134 valence electrons. The van der Waals surface area contributed by atoms with Crippen LogP contribution in [0.5, 0.6) is 5.75 Å². The zero-order valence-corrected chi connectivity index (χ0v) is 15.7. The van der Waals surface area contributed by atoms with Crippen molar-refractivity contribution in [2.75, 3.05) is 0 Å². The average molecular weight is 424 g/mol. The van der Waals surface area contributed by atoms with E-state index in [-0.39, 0.29) is 11.6 Å². The third-order valence-corrected chi connectivity index (χ3v) is 4.68. The zero-order chi connectivity index (χ0) is 18.6. The van der Waals surface area contributed by atoms with E-state index in [9.17, 15) is 4.79 Å². The molecule has 0 aliphatic carbocycles. The van der Waals surface area contributed by atoms with Gasteiger partial charge in [0.25, 0.3) is 5.90 Å². The van der Waals surface area contributed by atoms with Gasteiger partial charge >= 0.3 is 5.97 Å². The maximum atomic E-state index is 12.1. The number of nitrogens with zero attached hydrogens (tertiary/aromatic N) is 1. The van der Waals surface area contributed by atoms with Gasteiger partial charge in [0, 0.05) is 15.6 Å². The number of esters is 1. The third-order valence-electron chi connectivity index (χ3n) is 3.90. The molecule has 27 heavy (non-hydrogen) atoms. The highest BCUT2D eigenvalue weighted by Crippen LogP contribution is 2.26. The Morgan fingerprint density at radius 3 is 2.67 bits per heavy atom. The van der Waals surface area contributed by atoms with E-state index in [2.05, 4.69) is 20.9 Å². The van der Waals surface area contributed by atoms with Crippen molar-refractivity contribution in [1.82, 2.24) is 0 Å². The molecule has 0 amide bonds. The van der Waals surface area contributed by atoms with Gasteiger partial charge in [-0.2, -0.15) is 0 Å². The normalized spacial score (nSPS) is 14.9. The van der Waals surface area contributed by atoms with Crippen molar-refractivity contribution < 1.29 is 18.7 Å². The summed E-state index contributed by atoms with van der Waals surface area (Å²) in [5.74, 6) is 0.685. The van der Waals surface area contributed by atoms with E-state index in [0.717, 1.165) is 15.6 Å². The molecule has 0 atom stereocenters. The summed E-state index contributed by atoms with van der Waals surface area (Å²) < 4.78 is 17.3. The van der Waals surface area contributed by atoms with Crippen LogP contribution in [0.25, 0.3) is 6.08 Å². The fourth-order valence-electron chi connectivity index (χ4n) is 2.56. The van der Waals surface area contributed by atoms with E-state index in [1.54, 1.807) is 18.2 Å². The Hall–Kier alpha value is -3.12. The number of cyclic esters (lactones) is 1. The van der Waals surface area contributed by atoms with Crippen LogP contribution in [0.3, 0.4) is 0 Å². The van der Waals surface area contributed by atoms with Gasteiger partial charge in [0.15, 0.2) is 11.5 Å². The summed E-state index contributed by atoms with van der Waals surface area (Å²) >= 11 is 3.51. The first-order valence-corrected chi connectivity index (χ1v) is 9.02. The minimum atomic E-state index is -0.526. The Morgan fingerprint density at radius 1 is 1.04 bits per heavy atom. The molecule has 4 rings (SSSR count). The van der Waals surface area contributed by atoms with E-state index in [1.807, 2.05) is 48.5 Å². The van der Waals surface area contributed by atoms with E-state index in [1.165, 1.54) is 6.26 Å². The number of benzene rings is 2. The topological polar surface area (TPSA) is 61.0 Å². The number of rotatable bonds is 5. The molecule has 1 aliphatic rings. The number of halogens is 1. The van der Waals surface area contributed by atoms with Crippen LogP contribution < -0.4 is 4.74 Å². The summed E-state index contributed by atoms with van der Waals surface area (Å²) in [6.07, 6.45) is 3.14. The first-order valence-electron chi connectivity index (χ1n) is 8.22. The summed E-state index contributed by atoms with van der Waals surface area (Å²) in [7, 11) is 0. The molecule has 2 heterocycles. The molecule has 6 heteroatoms. The van der Waals surface area contributed by atoms with E-state index in [0.29, 0.717) is 18.1 Å². The number of aliphatic imine (C=N–C) groups is 1. The second-order valence-corrected chi connectivity index (χ2v) is 6.59. The third kappa shape index (κ3) is 3.85. The Bertz CT molecular complexity index is 1040. The van der Waals surface area contributed by atoms with Gasteiger partial charge < -0.3 is 13.9 Å². The van der Waals surface area contributed by atoms with Gasteiger partial charge in [0.1, 0.15) is 12.4 Å². The van der Waals surface area contributed by atoms with Crippen molar-refractivity contribution in [3.05, 3.63) is 94.0 Å². The van der Waals surface area contributed by atoms with Crippen LogP contribution in [0.15, 0.2) is 86.5 Å². The molecule has 2 aromatic carbocycles. The van der Waals surface area contributed by atoms with Crippen molar-refractivity contribution in [1.29, 1.82) is 0 Å². The fourth-order valence-corrected chi connectivity index (χ4v) is 2.96. The quantitative estimate of drug-likeness (QED) is 0.429. The molecule has 0 saturated carbocycles. The molecule has 5 nitrogen and oxygen atoms in total. The molecule has 0 bridgehead atoms. The minimum absolute atomic E-state index is 0.155. The van der Waals surface area contributed by atoms with Crippen molar-refractivity contribution in [3.63, 3.8) is 0 Å². The maximum Gasteiger partial charge on any atom is 0.363 e. The second-order valence-electron chi connectivity index (χ2n) is 5.73. The molecule has 0 spiro atoms. The smallest absolute Gasteiger partial charge is 0.363 e. The molecule has 1 aromatic heterocycles. The van der Waals surface area contributed by atoms with Gasteiger partial charge in [-0.15, -0.1) is 0 Å². The summed E-state index contributed by atoms with van der Waals surface area (Å²) in [6.45, 7) is 0.396. The molecule has 1 aliphatic heterocycles. The van der Waals surface area contributed by atoms with Crippen LogP contribution in [0, 0.1) is 0 Å². The lowest BCUT2D eigenvalue weighted by Gasteiger charge is -2.10. The maximum absolute atomic E-state index is 12.1. The Labute approximate surface area is 164 Å². The predicted octanol–water partition coefficient (Wildman–Crippen LogP) is 4.97. The molecule has 3 aromatic rings. The molecule has 0 unspecified atom stereocenters. The molecule has 0 saturated heterocycles. The number of hydrogen-bond donors (Lipinski definition) is 0. The highest BCUT2D eigenvalue weighted by atomic mass is 79.9. The highest BCUT2D eigenvalue weighted by Gasteiger charge is 2.26. The summed E-state index contributed by atoms with van der Waals surface area (Å²) in [6, 6.07) is 18.7. The Kier molecular flexibility index (Phi) is 4.89. The highest BCUT2D eigenvalue weighted by molar-refractivity contribution is 9.10. The van der Waals surface area contributed by atoms with Crippen molar-refractivity contribution in [3.8, 4) is 5.75 Å². The molecule has 0 fully saturated rings. The molecular weight excluding hydrogens is 410 g/mol. The molecule has 0 N–H and O–H groups in total. The van der Waals surface area contributed by atoms with E-state index < -0.39 is 5.97 Å². The fraction of sp³-hybridized carbons (Fsp3) is 0.0476. The number of carbonyl (C=O) groups excluding carboxylic acids is 1. The van der Waals surface area contributed by atoms with Gasteiger partial charge in [-0.1, -0.05) is 52.3 Å². The minimum Gasteiger partial charge on any atom is -0.488 e. The zero-order valence-electron chi connectivity index (χ0n) is 14.1. The van der Waals surface area contributed by atoms with Crippen LogP contribution in [0.1, 0.15) is 16.9 Å². The van der Waals surface area contributed by atoms with Gasteiger partial charge in [-0.25, -0.2) is 9.79 Å².